The van der Waals surface area contributed by atoms with Gasteiger partial charge in [0.15, 0.2) is 0 Å². The highest BCUT2D eigenvalue weighted by Gasteiger charge is 2.30. The molecule has 1 aliphatic heterocycles. The lowest BCUT2D eigenvalue weighted by Gasteiger charge is -2.19. The summed E-state index contributed by atoms with van der Waals surface area (Å²) in [6.07, 6.45) is 1.00. The molecule has 0 radical (unpaired) electrons. The first kappa shape index (κ1) is 23.8. The van der Waals surface area contributed by atoms with E-state index >= 15 is 0 Å². The van der Waals surface area contributed by atoms with E-state index < -0.39 is 16.1 Å². The topological polar surface area (TPSA) is 97.2 Å². The van der Waals surface area contributed by atoms with Crippen molar-refractivity contribution in [1.82, 2.24) is 4.72 Å². The zero-order chi connectivity index (χ0) is 24.1. The van der Waals surface area contributed by atoms with Crippen LogP contribution in [0.3, 0.4) is 0 Å². The van der Waals surface area contributed by atoms with Crippen LogP contribution in [0.5, 0.6) is 11.5 Å². The van der Waals surface area contributed by atoms with Crippen LogP contribution in [0.15, 0.2) is 82.7 Å². The molecule has 0 bridgehead atoms. The van der Waals surface area contributed by atoms with Gasteiger partial charge in [0.05, 0.1) is 18.0 Å². The summed E-state index contributed by atoms with van der Waals surface area (Å²) in [7, 11) is -2.17. The van der Waals surface area contributed by atoms with Gasteiger partial charge in [-0.1, -0.05) is 42.0 Å². The van der Waals surface area contributed by atoms with E-state index in [2.05, 4.69) is 4.72 Å². The van der Waals surface area contributed by atoms with Crippen molar-refractivity contribution in [3.63, 3.8) is 0 Å². The van der Waals surface area contributed by atoms with Gasteiger partial charge in [-0.15, -0.1) is 0 Å². The van der Waals surface area contributed by atoms with Gasteiger partial charge < -0.3 is 14.6 Å². The summed E-state index contributed by atoms with van der Waals surface area (Å²) in [4.78, 5) is 4.90. The number of nitrogens with zero attached hydrogens (tertiary/aromatic N) is 1. The molecule has 0 saturated carbocycles. The lowest BCUT2D eigenvalue weighted by molar-refractivity contribution is 0.302. The van der Waals surface area contributed by atoms with E-state index in [4.69, 9.17) is 14.5 Å². The summed E-state index contributed by atoms with van der Waals surface area (Å²) in [6.45, 7) is 2.28. The minimum atomic E-state index is -3.80. The van der Waals surface area contributed by atoms with Gasteiger partial charge in [-0.3, -0.25) is 0 Å². The van der Waals surface area contributed by atoms with Gasteiger partial charge in [-0.05, 0) is 67.3 Å². The van der Waals surface area contributed by atoms with Crippen molar-refractivity contribution in [2.45, 2.75) is 36.7 Å². The van der Waals surface area contributed by atoms with Gasteiger partial charge in [0, 0.05) is 0 Å². The van der Waals surface area contributed by atoms with Crippen LogP contribution in [-0.2, 0) is 27.6 Å². The predicted octanol–water partition coefficient (Wildman–Crippen LogP) is 3.64. The fraction of sp³-hybridized carbons (Fsp3) is 0.269. The number of ether oxygens (including phenoxy) is 2. The Kier molecular flexibility index (Phi) is 7.19. The summed E-state index contributed by atoms with van der Waals surface area (Å²) < 4.78 is 40.1. The number of rotatable bonds is 9. The third-order valence-corrected chi connectivity index (χ3v) is 7.15. The second kappa shape index (κ2) is 10.3. The molecule has 1 heterocycles. The number of aromatic hydroxyl groups is 1. The van der Waals surface area contributed by atoms with Crippen LogP contribution in [-0.4, -0.2) is 45.2 Å². The standard InChI is InChI=1S/C26H28N2O5S/c1-18-3-13-24(14-4-18)34(30,31)28-25(16-20-5-9-22(29)10-6-20)26-27-21(17-33-26)15-19-7-11-23(32-2)12-8-19/h3-14,21,25,28-29H,15-17H2,1-2H3/t21-,25+/m1/s1. The fourth-order valence-electron chi connectivity index (χ4n) is 3.78. The summed E-state index contributed by atoms with van der Waals surface area (Å²) >= 11 is 0. The Bertz CT molecular complexity index is 1240. The molecule has 1 aliphatic rings. The van der Waals surface area contributed by atoms with E-state index in [0.717, 1.165) is 22.4 Å². The average molecular weight is 481 g/mol. The Hall–Kier alpha value is -3.36. The first-order chi connectivity index (χ1) is 16.3. The molecule has 0 spiro atoms. The third-order valence-electron chi connectivity index (χ3n) is 5.67. The summed E-state index contributed by atoms with van der Waals surface area (Å²) in [5.41, 5.74) is 2.92. The van der Waals surface area contributed by atoms with Crippen LogP contribution < -0.4 is 9.46 Å². The molecule has 0 fully saturated rings. The minimum absolute atomic E-state index is 0.116. The maximum absolute atomic E-state index is 13.1. The lowest BCUT2D eigenvalue weighted by atomic mass is 10.1. The zero-order valence-electron chi connectivity index (χ0n) is 19.1. The first-order valence-electron chi connectivity index (χ1n) is 11.0. The molecule has 2 N–H and O–H groups in total. The molecule has 8 heteroatoms. The molecule has 34 heavy (non-hydrogen) atoms. The van der Waals surface area contributed by atoms with E-state index in [9.17, 15) is 13.5 Å². The van der Waals surface area contributed by atoms with Gasteiger partial charge in [0.2, 0.25) is 15.9 Å². The van der Waals surface area contributed by atoms with E-state index in [0.29, 0.717) is 25.3 Å². The molecule has 7 nitrogen and oxygen atoms in total. The van der Waals surface area contributed by atoms with Gasteiger partial charge in [0.1, 0.15) is 24.1 Å². The molecule has 4 rings (SSSR count). The van der Waals surface area contributed by atoms with Crippen LogP contribution >= 0.6 is 0 Å². The molecule has 0 saturated heterocycles. The Balaban J connectivity index is 1.56. The number of benzene rings is 3. The highest BCUT2D eigenvalue weighted by molar-refractivity contribution is 7.89. The van der Waals surface area contributed by atoms with Crippen molar-refractivity contribution < 1.29 is 23.0 Å². The molecule has 3 aromatic carbocycles. The summed E-state index contributed by atoms with van der Waals surface area (Å²) in [5.74, 6) is 1.30. The molecule has 0 aromatic heterocycles. The molecular weight excluding hydrogens is 452 g/mol. The van der Waals surface area contributed by atoms with Crippen molar-refractivity contribution in [1.29, 1.82) is 0 Å². The number of sulfonamides is 1. The van der Waals surface area contributed by atoms with Crippen molar-refractivity contribution in [2.75, 3.05) is 13.7 Å². The third kappa shape index (κ3) is 5.95. The number of hydrogen-bond donors (Lipinski definition) is 2. The van der Waals surface area contributed by atoms with Gasteiger partial charge in [0.25, 0.3) is 0 Å². The quantitative estimate of drug-likeness (QED) is 0.487. The lowest BCUT2D eigenvalue weighted by Crippen LogP contribution is -2.42. The van der Waals surface area contributed by atoms with Gasteiger partial charge in [-0.2, -0.15) is 4.72 Å². The molecule has 0 amide bonds. The van der Waals surface area contributed by atoms with E-state index in [1.54, 1.807) is 55.6 Å². The van der Waals surface area contributed by atoms with Crippen molar-refractivity contribution in [2.24, 2.45) is 4.99 Å². The van der Waals surface area contributed by atoms with Crippen LogP contribution in [0.25, 0.3) is 0 Å². The van der Waals surface area contributed by atoms with E-state index in [-0.39, 0.29) is 16.7 Å². The molecule has 3 aromatic rings. The van der Waals surface area contributed by atoms with E-state index in [1.165, 1.54) is 0 Å². The maximum atomic E-state index is 13.1. The van der Waals surface area contributed by atoms with Crippen LogP contribution in [0, 0.1) is 6.92 Å². The van der Waals surface area contributed by atoms with Crippen molar-refractivity contribution >= 4 is 15.9 Å². The average Bonchev–Trinajstić information content (AvgIpc) is 3.29. The number of hydrogen-bond acceptors (Lipinski definition) is 6. The monoisotopic (exact) mass is 480 g/mol. The van der Waals surface area contributed by atoms with Gasteiger partial charge in [-0.25, -0.2) is 13.4 Å². The van der Waals surface area contributed by atoms with Crippen molar-refractivity contribution in [3.05, 3.63) is 89.5 Å². The SMILES string of the molecule is COc1ccc(C[C@@H]2COC([C@H](Cc3ccc(O)cc3)NS(=O)(=O)c3ccc(C)cc3)=N2)cc1. The molecular formula is C26H28N2O5S. The molecule has 178 valence electrons. The highest BCUT2D eigenvalue weighted by atomic mass is 32.2. The van der Waals surface area contributed by atoms with Crippen molar-refractivity contribution in [3.8, 4) is 11.5 Å². The van der Waals surface area contributed by atoms with Crippen LogP contribution in [0.1, 0.15) is 16.7 Å². The van der Waals surface area contributed by atoms with Crippen LogP contribution in [0.4, 0.5) is 0 Å². The normalized spacial score (nSPS) is 16.5. The number of nitrogens with one attached hydrogen (secondary N) is 1. The maximum Gasteiger partial charge on any atom is 0.241 e. The Morgan fingerprint density at radius 2 is 1.68 bits per heavy atom. The molecule has 0 aliphatic carbocycles. The molecule has 0 unspecified atom stereocenters. The molecule has 2 atom stereocenters. The van der Waals surface area contributed by atoms with Crippen LogP contribution in [0.2, 0.25) is 0 Å². The van der Waals surface area contributed by atoms with E-state index in [1.807, 2.05) is 31.2 Å². The second-order valence-corrected chi connectivity index (χ2v) is 10.1. The second-order valence-electron chi connectivity index (χ2n) is 8.34. The summed E-state index contributed by atoms with van der Waals surface area (Å²) in [6, 6.07) is 20.3. The van der Waals surface area contributed by atoms with Gasteiger partial charge >= 0.3 is 0 Å². The number of aliphatic imine (C=N–C) groups is 1. The highest BCUT2D eigenvalue weighted by Crippen LogP contribution is 2.20. The fourth-order valence-corrected chi connectivity index (χ4v) is 4.97. The largest absolute Gasteiger partial charge is 0.508 e. The minimum Gasteiger partial charge on any atom is -0.508 e. The Morgan fingerprint density at radius 1 is 1.03 bits per heavy atom. The Morgan fingerprint density at radius 3 is 2.32 bits per heavy atom. The first-order valence-corrected chi connectivity index (χ1v) is 12.5. The number of methoxy groups -OCH3 is 1. The Labute approximate surface area is 200 Å². The predicted molar refractivity (Wildman–Crippen MR) is 131 cm³/mol. The zero-order valence-corrected chi connectivity index (χ0v) is 20.0. The number of aryl methyl sites for hydroxylation is 1. The number of phenolic OH excluding ortho intramolecular Hbond substituents is 1. The smallest absolute Gasteiger partial charge is 0.241 e. The number of phenols is 1. The summed E-state index contributed by atoms with van der Waals surface area (Å²) in [5, 5.41) is 9.60.